The zero-order valence-electron chi connectivity index (χ0n) is 13.3. The number of carbonyl (C=O) groups excluding carboxylic acids is 1. The Balaban J connectivity index is 1.88. The fourth-order valence-corrected chi connectivity index (χ4v) is 2.74. The van der Waals surface area contributed by atoms with E-state index in [-0.39, 0.29) is 0 Å². The van der Waals surface area contributed by atoms with Gasteiger partial charge in [-0.3, -0.25) is 5.32 Å². The van der Waals surface area contributed by atoms with E-state index in [2.05, 4.69) is 10.3 Å². The highest BCUT2D eigenvalue weighted by molar-refractivity contribution is 6.31. The molecule has 6 heteroatoms. The van der Waals surface area contributed by atoms with E-state index < -0.39 is 6.09 Å². The Morgan fingerprint density at radius 1 is 1.25 bits per heavy atom. The third-order valence-electron chi connectivity index (χ3n) is 3.69. The predicted octanol–water partition coefficient (Wildman–Crippen LogP) is 4.09. The van der Waals surface area contributed by atoms with Gasteiger partial charge in [0.2, 0.25) is 5.96 Å². The van der Waals surface area contributed by atoms with Crippen LogP contribution in [0.4, 0.5) is 10.5 Å². The Bertz CT molecular complexity index is 776. The van der Waals surface area contributed by atoms with Gasteiger partial charge in [0, 0.05) is 18.1 Å². The second-order valence-corrected chi connectivity index (χ2v) is 5.76. The molecular formula is C18H18ClN3O2. The van der Waals surface area contributed by atoms with Crippen LogP contribution >= 0.6 is 11.6 Å². The summed E-state index contributed by atoms with van der Waals surface area (Å²) in [5.74, 6) is 0.465. The zero-order chi connectivity index (χ0) is 16.9. The maximum Gasteiger partial charge on any atom is 0.413 e. The van der Waals surface area contributed by atoms with E-state index in [4.69, 9.17) is 16.3 Å². The molecule has 0 aromatic heterocycles. The molecule has 0 radical (unpaired) electrons. The molecule has 0 spiro atoms. The summed E-state index contributed by atoms with van der Waals surface area (Å²) in [6, 6.07) is 15.5. The molecule has 3 rings (SSSR count). The van der Waals surface area contributed by atoms with E-state index in [1.165, 1.54) is 0 Å². The first kappa shape index (κ1) is 16.3. The number of aliphatic imine (C=N–C) groups is 1. The highest BCUT2D eigenvalue weighted by Crippen LogP contribution is 2.27. The van der Waals surface area contributed by atoms with Crippen molar-refractivity contribution < 1.29 is 9.53 Å². The smallest absolute Gasteiger partial charge is 0.413 e. The van der Waals surface area contributed by atoms with E-state index in [9.17, 15) is 4.79 Å². The number of carbonyl (C=O) groups is 1. The molecule has 0 fully saturated rings. The summed E-state index contributed by atoms with van der Waals surface area (Å²) in [7, 11) is 0. The van der Waals surface area contributed by atoms with E-state index in [1.54, 1.807) is 6.92 Å². The number of rotatable bonds is 3. The summed E-state index contributed by atoms with van der Waals surface area (Å²) in [5.41, 5.74) is 2.91. The maximum atomic E-state index is 11.8. The number of guanidine groups is 1. The van der Waals surface area contributed by atoms with Gasteiger partial charge in [0.1, 0.15) is 0 Å². The van der Waals surface area contributed by atoms with Crippen molar-refractivity contribution in [2.75, 3.05) is 6.61 Å². The molecule has 1 aliphatic heterocycles. The van der Waals surface area contributed by atoms with Crippen LogP contribution in [0.1, 0.15) is 18.1 Å². The first-order valence-electron chi connectivity index (χ1n) is 7.76. The van der Waals surface area contributed by atoms with E-state index in [1.807, 2.05) is 53.4 Å². The van der Waals surface area contributed by atoms with Crippen molar-refractivity contribution in [3.63, 3.8) is 0 Å². The number of benzene rings is 2. The Morgan fingerprint density at radius 3 is 2.79 bits per heavy atom. The van der Waals surface area contributed by atoms with Crippen molar-refractivity contribution in [1.82, 2.24) is 10.2 Å². The summed E-state index contributed by atoms with van der Waals surface area (Å²) < 4.78 is 4.97. The minimum atomic E-state index is -0.514. The second kappa shape index (κ2) is 7.36. The zero-order valence-corrected chi connectivity index (χ0v) is 14.1. The molecule has 1 aliphatic rings. The fraction of sp³-hybridized carbons (Fsp3) is 0.222. The molecule has 0 saturated carbocycles. The van der Waals surface area contributed by atoms with Crippen LogP contribution in [0.5, 0.6) is 0 Å². The maximum absolute atomic E-state index is 11.8. The summed E-state index contributed by atoms with van der Waals surface area (Å²) in [6.45, 7) is 3.24. The Hall–Kier alpha value is -2.53. The molecular weight excluding hydrogens is 326 g/mol. The van der Waals surface area contributed by atoms with Gasteiger partial charge in [-0.1, -0.05) is 48.0 Å². The molecule has 1 amide bonds. The lowest BCUT2D eigenvalue weighted by Crippen LogP contribution is -2.45. The van der Waals surface area contributed by atoms with Crippen LogP contribution in [0, 0.1) is 0 Å². The molecule has 0 saturated heterocycles. The number of halogens is 1. The Kier molecular flexibility index (Phi) is 5.01. The molecule has 1 heterocycles. The van der Waals surface area contributed by atoms with Gasteiger partial charge in [0.15, 0.2) is 0 Å². The number of nitrogens with zero attached hydrogens (tertiary/aromatic N) is 2. The quantitative estimate of drug-likeness (QED) is 0.913. The Morgan fingerprint density at radius 2 is 2.00 bits per heavy atom. The monoisotopic (exact) mass is 343 g/mol. The molecule has 0 bridgehead atoms. The number of fused-ring (bicyclic) bond motifs is 1. The average molecular weight is 344 g/mol. The fourth-order valence-electron chi connectivity index (χ4n) is 2.55. The van der Waals surface area contributed by atoms with E-state index >= 15 is 0 Å². The lowest BCUT2D eigenvalue weighted by Gasteiger charge is -2.30. The third kappa shape index (κ3) is 3.68. The summed E-state index contributed by atoms with van der Waals surface area (Å²) in [4.78, 5) is 18.4. The minimum Gasteiger partial charge on any atom is -0.450 e. The van der Waals surface area contributed by atoms with Crippen LogP contribution in [-0.4, -0.2) is 23.6 Å². The SMILES string of the molecule is CCOC(=O)NC1=Nc2ccccc2CN1Cc1ccccc1Cl. The number of hydrogen-bond acceptors (Lipinski definition) is 4. The molecule has 124 valence electrons. The topological polar surface area (TPSA) is 53.9 Å². The number of ether oxygens (including phenoxy) is 1. The van der Waals surface area contributed by atoms with Crippen LogP contribution in [0.15, 0.2) is 53.5 Å². The molecule has 2 aromatic rings. The standard InChI is InChI=1S/C18H18ClN3O2/c1-2-24-18(23)21-17-20-16-10-6-4-8-14(16)12-22(17)11-13-7-3-5-9-15(13)19/h3-10H,2,11-12H2,1H3,(H,20,21,23). The van der Waals surface area contributed by atoms with Crippen molar-refractivity contribution in [2.45, 2.75) is 20.0 Å². The molecule has 24 heavy (non-hydrogen) atoms. The second-order valence-electron chi connectivity index (χ2n) is 5.36. The van der Waals surface area contributed by atoms with Crippen molar-refractivity contribution in [1.29, 1.82) is 0 Å². The van der Waals surface area contributed by atoms with E-state index in [0.717, 1.165) is 16.8 Å². The van der Waals surface area contributed by atoms with Gasteiger partial charge >= 0.3 is 6.09 Å². The van der Waals surface area contributed by atoms with Crippen molar-refractivity contribution >= 4 is 29.3 Å². The van der Waals surface area contributed by atoms with Crippen LogP contribution in [-0.2, 0) is 17.8 Å². The molecule has 5 nitrogen and oxygen atoms in total. The summed E-state index contributed by atoms with van der Waals surface area (Å²) in [5, 5.41) is 3.41. The third-order valence-corrected chi connectivity index (χ3v) is 4.06. The number of para-hydroxylation sites is 1. The van der Waals surface area contributed by atoms with Crippen LogP contribution < -0.4 is 5.32 Å². The van der Waals surface area contributed by atoms with Gasteiger partial charge in [0.05, 0.1) is 12.3 Å². The molecule has 0 unspecified atom stereocenters. The van der Waals surface area contributed by atoms with Gasteiger partial charge < -0.3 is 9.64 Å². The number of amides is 1. The summed E-state index contributed by atoms with van der Waals surface area (Å²) in [6.07, 6.45) is -0.514. The average Bonchev–Trinajstić information content (AvgIpc) is 2.57. The van der Waals surface area contributed by atoms with Crippen LogP contribution in [0.25, 0.3) is 0 Å². The normalized spacial score (nSPS) is 13.1. The molecule has 0 aliphatic carbocycles. The Labute approximate surface area is 145 Å². The van der Waals surface area contributed by atoms with Crippen molar-refractivity contribution in [3.8, 4) is 0 Å². The highest BCUT2D eigenvalue weighted by Gasteiger charge is 2.22. The van der Waals surface area contributed by atoms with Crippen molar-refractivity contribution in [3.05, 3.63) is 64.7 Å². The van der Waals surface area contributed by atoms with Gasteiger partial charge in [0.25, 0.3) is 0 Å². The van der Waals surface area contributed by atoms with Gasteiger partial charge in [-0.2, -0.15) is 0 Å². The largest absolute Gasteiger partial charge is 0.450 e. The highest BCUT2D eigenvalue weighted by atomic mass is 35.5. The van der Waals surface area contributed by atoms with Gasteiger partial charge in [-0.25, -0.2) is 9.79 Å². The molecule has 2 aromatic carbocycles. The minimum absolute atomic E-state index is 0.306. The first-order chi connectivity index (χ1) is 11.7. The number of alkyl carbamates (subject to hydrolysis) is 1. The first-order valence-corrected chi connectivity index (χ1v) is 8.14. The predicted molar refractivity (Wildman–Crippen MR) is 94.4 cm³/mol. The summed E-state index contributed by atoms with van der Waals surface area (Å²) >= 11 is 6.27. The number of nitrogens with one attached hydrogen (secondary N) is 1. The number of hydrogen-bond donors (Lipinski definition) is 1. The van der Waals surface area contributed by atoms with E-state index in [0.29, 0.717) is 30.7 Å². The molecule has 1 N–H and O–H groups in total. The van der Waals surface area contributed by atoms with Crippen LogP contribution in [0.2, 0.25) is 5.02 Å². The van der Waals surface area contributed by atoms with Gasteiger partial charge in [-0.15, -0.1) is 0 Å². The van der Waals surface area contributed by atoms with Gasteiger partial charge in [-0.05, 0) is 30.2 Å². The lowest BCUT2D eigenvalue weighted by molar-refractivity contribution is 0.156. The molecule has 0 atom stereocenters. The van der Waals surface area contributed by atoms with Crippen molar-refractivity contribution in [2.24, 2.45) is 4.99 Å². The van der Waals surface area contributed by atoms with Crippen LogP contribution in [0.3, 0.4) is 0 Å². The lowest BCUT2D eigenvalue weighted by atomic mass is 10.1.